The van der Waals surface area contributed by atoms with E-state index in [-0.39, 0.29) is 42.9 Å². The van der Waals surface area contributed by atoms with E-state index < -0.39 is 35.7 Å². The summed E-state index contributed by atoms with van der Waals surface area (Å²) in [4.78, 5) is 25.1. The topological polar surface area (TPSA) is 140 Å². The van der Waals surface area contributed by atoms with Crippen LogP contribution in [0.5, 0.6) is 0 Å². The molecule has 7 N–H and O–H groups in total. The number of aliphatic hydroxyl groups is 1. The normalized spacial score (nSPS) is 17.0. The molecule has 0 heterocycles. The third-order valence-corrected chi connectivity index (χ3v) is 7.00. The van der Waals surface area contributed by atoms with Gasteiger partial charge in [-0.05, 0) is 48.6 Å². The van der Waals surface area contributed by atoms with Crippen molar-refractivity contribution in [3.05, 3.63) is 71.3 Å². The van der Waals surface area contributed by atoms with Gasteiger partial charge in [0.25, 0.3) is 5.91 Å². The third kappa shape index (κ3) is 9.13. The molecule has 0 aliphatic heterocycles. The van der Waals surface area contributed by atoms with Crippen LogP contribution in [0.15, 0.2) is 48.5 Å². The summed E-state index contributed by atoms with van der Waals surface area (Å²) in [7, 11) is 0. The molecule has 1 aliphatic carbocycles. The van der Waals surface area contributed by atoms with Crippen molar-refractivity contribution in [2.24, 2.45) is 16.9 Å². The van der Waals surface area contributed by atoms with Gasteiger partial charge in [-0.15, -0.1) is 0 Å². The van der Waals surface area contributed by atoms with E-state index >= 15 is 0 Å². The van der Waals surface area contributed by atoms with E-state index in [1.54, 1.807) is 0 Å². The number of amides is 2. The Morgan fingerprint density at radius 1 is 1.03 bits per heavy atom. The van der Waals surface area contributed by atoms with Gasteiger partial charge in [-0.2, -0.15) is 0 Å². The first kappa shape index (κ1) is 29.6. The minimum absolute atomic E-state index is 0.0183. The molecule has 0 bridgehead atoms. The van der Waals surface area contributed by atoms with Crippen LogP contribution < -0.4 is 22.1 Å². The predicted octanol–water partition coefficient (Wildman–Crippen LogP) is 1.92. The van der Waals surface area contributed by atoms with Gasteiger partial charge in [0.05, 0.1) is 19.3 Å². The number of nitrogens with one attached hydrogen (secondary N) is 2. The van der Waals surface area contributed by atoms with Crippen molar-refractivity contribution in [1.29, 1.82) is 0 Å². The largest absolute Gasteiger partial charge is 0.382 e. The summed E-state index contributed by atoms with van der Waals surface area (Å²) < 4.78 is 32.8. The summed E-state index contributed by atoms with van der Waals surface area (Å²) in [6.07, 6.45) is 2.08. The van der Waals surface area contributed by atoms with Crippen LogP contribution in [0.2, 0.25) is 0 Å². The number of hydrogen-bond acceptors (Lipinski definition) is 6. The van der Waals surface area contributed by atoms with E-state index in [9.17, 15) is 23.5 Å². The molecule has 1 aliphatic rings. The quantitative estimate of drug-likeness (QED) is 0.252. The molecule has 8 nitrogen and oxygen atoms in total. The van der Waals surface area contributed by atoms with Crippen LogP contribution in [-0.2, 0) is 27.4 Å². The highest BCUT2D eigenvalue weighted by atomic mass is 19.1. The number of benzene rings is 2. The number of ether oxygens (including phenoxy) is 1. The molecule has 38 heavy (non-hydrogen) atoms. The fourth-order valence-corrected chi connectivity index (χ4v) is 4.74. The zero-order valence-electron chi connectivity index (χ0n) is 21.5. The summed E-state index contributed by atoms with van der Waals surface area (Å²) in [5.74, 6) is -2.01. The number of nitrogens with two attached hydrogens (primary N) is 2. The second kappa shape index (κ2) is 14.3. The highest BCUT2D eigenvalue weighted by Gasteiger charge is 2.35. The van der Waals surface area contributed by atoms with Crippen LogP contribution in [0, 0.1) is 17.0 Å². The fourth-order valence-electron chi connectivity index (χ4n) is 4.74. The van der Waals surface area contributed by atoms with E-state index in [1.165, 1.54) is 0 Å². The maximum atomic E-state index is 13.9. The maximum absolute atomic E-state index is 13.9. The van der Waals surface area contributed by atoms with Crippen LogP contribution in [0.1, 0.15) is 43.2 Å². The highest BCUT2D eigenvalue weighted by Crippen LogP contribution is 2.37. The summed E-state index contributed by atoms with van der Waals surface area (Å²) in [5, 5.41) is 16.0. The van der Waals surface area contributed by atoms with Gasteiger partial charge < -0.3 is 31.9 Å². The fraction of sp³-hybridized carbons (Fsp3) is 0.500. The van der Waals surface area contributed by atoms with Crippen molar-refractivity contribution in [2.45, 2.75) is 63.3 Å². The second-order valence-corrected chi connectivity index (χ2v) is 10.2. The lowest BCUT2D eigenvalue weighted by Gasteiger charge is -2.30. The Morgan fingerprint density at radius 2 is 1.71 bits per heavy atom. The maximum Gasteiger partial charge on any atom is 0.250 e. The van der Waals surface area contributed by atoms with Crippen LogP contribution in [-0.4, -0.2) is 54.8 Å². The molecule has 0 spiro atoms. The van der Waals surface area contributed by atoms with Crippen molar-refractivity contribution in [2.75, 3.05) is 19.7 Å². The SMILES string of the molecule is NC(CC(=O)NCC1(CNC(=O)C(O)C(N)COCc2ccccc2)CCCC1)Cc1cc(F)ccc1F. The molecular formula is C28H38F2N4O4. The third-order valence-electron chi connectivity index (χ3n) is 7.00. The Labute approximate surface area is 222 Å². The molecular weight excluding hydrogens is 494 g/mol. The first-order chi connectivity index (χ1) is 18.2. The molecule has 0 radical (unpaired) electrons. The Balaban J connectivity index is 1.42. The van der Waals surface area contributed by atoms with Crippen molar-refractivity contribution < 1.29 is 28.2 Å². The Morgan fingerprint density at radius 3 is 2.42 bits per heavy atom. The number of halogens is 2. The Hall–Kier alpha value is -2.92. The standard InChI is InChI=1S/C28H38F2N4O4/c29-21-8-9-23(30)20(12-21)13-22(31)14-25(35)33-17-28(10-4-5-11-28)18-34-27(37)26(36)24(32)16-38-15-19-6-2-1-3-7-19/h1-3,6-9,12,22,24,26,36H,4-5,10-11,13-18,31-32H2,(H,33,35)(H,34,37). The molecule has 1 saturated carbocycles. The van der Waals surface area contributed by atoms with Gasteiger partial charge in [0, 0.05) is 31.0 Å². The molecule has 2 aromatic carbocycles. The van der Waals surface area contributed by atoms with Crippen molar-refractivity contribution in [1.82, 2.24) is 10.6 Å². The lowest BCUT2D eigenvalue weighted by atomic mass is 9.85. The van der Waals surface area contributed by atoms with E-state index in [0.717, 1.165) is 49.4 Å². The zero-order valence-corrected chi connectivity index (χ0v) is 21.5. The first-order valence-electron chi connectivity index (χ1n) is 13.0. The first-order valence-corrected chi connectivity index (χ1v) is 13.0. The molecule has 0 saturated heterocycles. The van der Waals surface area contributed by atoms with Crippen molar-refractivity contribution in [3.63, 3.8) is 0 Å². The van der Waals surface area contributed by atoms with Crippen LogP contribution in [0.4, 0.5) is 8.78 Å². The number of aliphatic hydroxyl groups excluding tert-OH is 1. The average Bonchev–Trinajstić information content (AvgIpc) is 3.37. The van der Waals surface area contributed by atoms with Crippen LogP contribution in [0.3, 0.4) is 0 Å². The number of hydrogen-bond donors (Lipinski definition) is 5. The molecule has 2 amide bonds. The number of carbonyl (C=O) groups excluding carboxylic acids is 2. The minimum atomic E-state index is -1.43. The van der Waals surface area contributed by atoms with Gasteiger partial charge in [0.1, 0.15) is 17.7 Å². The Bertz CT molecular complexity index is 1050. The van der Waals surface area contributed by atoms with E-state index in [1.807, 2.05) is 30.3 Å². The second-order valence-electron chi connectivity index (χ2n) is 10.2. The molecule has 3 atom stereocenters. The summed E-state index contributed by atoms with van der Waals surface area (Å²) >= 11 is 0. The molecule has 3 unspecified atom stereocenters. The molecule has 3 rings (SSSR count). The van der Waals surface area contributed by atoms with Gasteiger partial charge in [0.15, 0.2) is 0 Å². The van der Waals surface area contributed by atoms with Crippen molar-refractivity contribution in [3.8, 4) is 0 Å². The Kier molecular flexibility index (Phi) is 11.1. The van der Waals surface area contributed by atoms with E-state index in [2.05, 4.69) is 10.6 Å². The van der Waals surface area contributed by atoms with Gasteiger partial charge in [-0.1, -0.05) is 43.2 Å². The average molecular weight is 533 g/mol. The highest BCUT2D eigenvalue weighted by molar-refractivity contribution is 5.81. The number of carbonyl (C=O) groups is 2. The monoisotopic (exact) mass is 532 g/mol. The van der Waals surface area contributed by atoms with Gasteiger partial charge in [-0.3, -0.25) is 9.59 Å². The molecule has 10 heteroatoms. The molecule has 208 valence electrons. The lowest BCUT2D eigenvalue weighted by Crippen LogP contribution is -2.52. The lowest BCUT2D eigenvalue weighted by molar-refractivity contribution is -0.131. The smallest absolute Gasteiger partial charge is 0.250 e. The van der Waals surface area contributed by atoms with E-state index in [4.69, 9.17) is 16.2 Å². The summed E-state index contributed by atoms with van der Waals surface area (Å²) in [5.41, 5.74) is 12.7. The molecule has 2 aromatic rings. The van der Waals surface area contributed by atoms with E-state index in [0.29, 0.717) is 13.2 Å². The molecule has 0 aromatic heterocycles. The number of rotatable bonds is 14. The molecule has 1 fully saturated rings. The van der Waals surface area contributed by atoms with Gasteiger partial charge in [-0.25, -0.2) is 8.78 Å². The van der Waals surface area contributed by atoms with Gasteiger partial charge >= 0.3 is 0 Å². The zero-order chi connectivity index (χ0) is 27.5. The minimum Gasteiger partial charge on any atom is -0.382 e. The van der Waals surface area contributed by atoms with Crippen LogP contribution in [0.25, 0.3) is 0 Å². The summed E-state index contributed by atoms with van der Waals surface area (Å²) in [6, 6.07) is 11.1. The predicted molar refractivity (Wildman–Crippen MR) is 140 cm³/mol. The summed E-state index contributed by atoms with van der Waals surface area (Å²) in [6.45, 7) is 0.952. The van der Waals surface area contributed by atoms with Gasteiger partial charge in [0.2, 0.25) is 5.91 Å². The van der Waals surface area contributed by atoms with Crippen LogP contribution >= 0.6 is 0 Å². The van der Waals surface area contributed by atoms with Crippen molar-refractivity contribution >= 4 is 11.8 Å².